The molecule has 1 aromatic rings. The predicted octanol–water partition coefficient (Wildman–Crippen LogP) is 0.482. The fraction of sp³-hybridized carbons (Fsp3) is 0.125. The van der Waals surface area contributed by atoms with Crippen LogP contribution in [-0.2, 0) is 10.2 Å². The predicted molar refractivity (Wildman–Crippen MR) is 52.6 cm³/mol. The summed E-state index contributed by atoms with van der Waals surface area (Å²) in [5, 5.41) is 13.5. The summed E-state index contributed by atoms with van der Waals surface area (Å²) in [4.78, 5) is 0. The van der Waals surface area contributed by atoms with E-state index >= 15 is 0 Å². The van der Waals surface area contributed by atoms with Gasteiger partial charge in [-0.1, -0.05) is 6.07 Å². The highest BCUT2D eigenvalue weighted by molar-refractivity contribution is 7.90. The highest BCUT2D eigenvalue weighted by Gasteiger charge is 2.06. The van der Waals surface area contributed by atoms with E-state index in [4.69, 9.17) is 10.4 Å². The lowest BCUT2D eigenvalue weighted by Gasteiger charge is -2.05. The summed E-state index contributed by atoms with van der Waals surface area (Å²) in [6, 6.07) is 6.64. The molecule has 0 bridgehead atoms. The van der Waals surface area contributed by atoms with Crippen LogP contribution in [0.25, 0.3) is 0 Å². The van der Waals surface area contributed by atoms with Crippen molar-refractivity contribution in [3.8, 4) is 6.07 Å². The van der Waals surface area contributed by atoms with Gasteiger partial charge in [-0.15, -0.1) is 0 Å². The molecule has 5 nitrogen and oxygen atoms in total. The maximum atomic E-state index is 10.7. The van der Waals surface area contributed by atoms with E-state index in [9.17, 15) is 8.42 Å². The monoisotopic (exact) mass is 211 g/mol. The van der Waals surface area contributed by atoms with Gasteiger partial charge >= 0.3 is 0 Å². The average Bonchev–Trinajstić information content (AvgIpc) is 2.06. The van der Waals surface area contributed by atoms with E-state index < -0.39 is 10.2 Å². The standard InChI is InChI=1S/C8H9N3O2S/c1-6-2-3-8(7(4-6)5-9)11-14(10,12)13/h2-4,11H,1H3,(H2,10,12,13). The topological polar surface area (TPSA) is 96.0 Å². The first kappa shape index (κ1) is 10.5. The molecule has 0 aliphatic heterocycles. The molecule has 6 heteroatoms. The molecule has 0 saturated carbocycles. The molecule has 0 spiro atoms. The van der Waals surface area contributed by atoms with Gasteiger partial charge in [0.1, 0.15) is 6.07 Å². The minimum atomic E-state index is -3.82. The van der Waals surface area contributed by atoms with E-state index in [2.05, 4.69) is 4.72 Å². The number of nitrogens with one attached hydrogen (secondary N) is 1. The molecule has 0 unspecified atom stereocenters. The van der Waals surface area contributed by atoms with Crippen LogP contribution in [-0.4, -0.2) is 8.42 Å². The molecule has 74 valence electrons. The van der Waals surface area contributed by atoms with Crippen LogP contribution in [0, 0.1) is 18.3 Å². The smallest absolute Gasteiger partial charge is 0.270 e. The summed E-state index contributed by atoms with van der Waals surface area (Å²) in [6.45, 7) is 1.81. The molecule has 0 saturated heterocycles. The molecule has 0 atom stereocenters. The zero-order chi connectivity index (χ0) is 10.8. The van der Waals surface area contributed by atoms with Gasteiger partial charge in [0.2, 0.25) is 0 Å². The molecular formula is C8H9N3O2S. The van der Waals surface area contributed by atoms with Crippen LogP contribution in [0.4, 0.5) is 5.69 Å². The summed E-state index contributed by atoms with van der Waals surface area (Å²) >= 11 is 0. The molecule has 1 rings (SSSR count). The third kappa shape index (κ3) is 2.73. The van der Waals surface area contributed by atoms with Gasteiger partial charge in [-0.25, -0.2) is 5.14 Å². The van der Waals surface area contributed by atoms with Crippen LogP contribution < -0.4 is 9.86 Å². The molecule has 14 heavy (non-hydrogen) atoms. The van der Waals surface area contributed by atoms with Crippen molar-refractivity contribution in [2.45, 2.75) is 6.92 Å². The number of aryl methyl sites for hydroxylation is 1. The first-order valence-corrected chi connectivity index (χ1v) is 5.28. The van der Waals surface area contributed by atoms with E-state index in [1.54, 1.807) is 12.1 Å². The number of hydrogen-bond donors (Lipinski definition) is 2. The second-order valence-electron chi connectivity index (χ2n) is 2.81. The van der Waals surface area contributed by atoms with Crippen molar-refractivity contribution < 1.29 is 8.42 Å². The zero-order valence-corrected chi connectivity index (χ0v) is 8.30. The van der Waals surface area contributed by atoms with E-state index in [1.807, 2.05) is 13.0 Å². The van der Waals surface area contributed by atoms with E-state index in [-0.39, 0.29) is 11.3 Å². The number of rotatable bonds is 2. The third-order valence-electron chi connectivity index (χ3n) is 1.55. The summed E-state index contributed by atoms with van der Waals surface area (Å²) in [7, 11) is -3.82. The SMILES string of the molecule is Cc1ccc(NS(N)(=O)=O)c(C#N)c1. The van der Waals surface area contributed by atoms with E-state index in [1.165, 1.54) is 6.07 Å². The van der Waals surface area contributed by atoms with Crippen LogP contribution in [0.5, 0.6) is 0 Å². The Labute approximate surface area is 82.3 Å². The van der Waals surface area contributed by atoms with Gasteiger partial charge < -0.3 is 0 Å². The van der Waals surface area contributed by atoms with Crippen molar-refractivity contribution in [3.63, 3.8) is 0 Å². The van der Waals surface area contributed by atoms with Crippen LogP contribution in [0.3, 0.4) is 0 Å². The lowest BCUT2D eigenvalue weighted by atomic mass is 10.1. The van der Waals surface area contributed by atoms with Gasteiger partial charge in [0.05, 0.1) is 11.3 Å². The second kappa shape index (κ2) is 3.65. The Hall–Kier alpha value is -1.58. The van der Waals surface area contributed by atoms with Crippen molar-refractivity contribution in [3.05, 3.63) is 29.3 Å². The summed E-state index contributed by atoms with van der Waals surface area (Å²) in [5.41, 5.74) is 1.32. The number of nitrogens with two attached hydrogens (primary N) is 1. The molecule has 0 amide bonds. The molecule has 0 aromatic heterocycles. The van der Waals surface area contributed by atoms with Crippen molar-refractivity contribution in [2.75, 3.05) is 4.72 Å². The Morgan fingerprint density at radius 2 is 2.14 bits per heavy atom. The summed E-state index contributed by atoms with van der Waals surface area (Å²) < 4.78 is 23.5. The van der Waals surface area contributed by atoms with Crippen molar-refractivity contribution in [2.24, 2.45) is 5.14 Å². The van der Waals surface area contributed by atoms with E-state index in [0.29, 0.717) is 0 Å². The van der Waals surface area contributed by atoms with Crippen molar-refractivity contribution >= 4 is 15.9 Å². The molecule has 0 radical (unpaired) electrons. The Morgan fingerprint density at radius 1 is 1.50 bits per heavy atom. The van der Waals surface area contributed by atoms with Crippen molar-refractivity contribution in [1.82, 2.24) is 0 Å². The number of benzene rings is 1. The number of nitrogens with zero attached hydrogens (tertiary/aromatic N) is 1. The molecule has 1 aromatic carbocycles. The van der Waals surface area contributed by atoms with Gasteiger partial charge in [-0.05, 0) is 24.6 Å². The van der Waals surface area contributed by atoms with Gasteiger partial charge in [-0.2, -0.15) is 13.7 Å². The Balaban J connectivity index is 3.17. The fourth-order valence-corrected chi connectivity index (χ4v) is 1.48. The highest BCUT2D eigenvalue weighted by Crippen LogP contribution is 2.16. The normalized spacial score (nSPS) is 10.6. The van der Waals surface area contributed by atoms with Gasteiger partial charge in [0.15, 0.2) is 0 Å². The lowest BCUT2D eigenvalue weighted by molar-refractivity contribution is 0.603. The van der Waals surface area contributed by atoms with Crippen LogP contribution in [0.2, 0.25) is 0 Å². The summed E-state index contributed by atoms with van der Waals surface area (Å²) in [6.07, 6.45) is 0. The largest absolute Gasteiger partial charge is 0.296 e. The molecule has 3 N–H and O–H groups in total. The summed E-state index contributed by atoms with van der Waals surface area (Å²) in [5.74, 6) is 0. The Kier molecular flexibility index (Phi) is 2.74. The number of hydrogen-bond acceptors (Lipinski definition) is 3. The lowest BCUT2D eigenvalue weighted by Crippen LogP contribution is -2.22. The minimum Gasteiger partial charge on any atom is -0.270 e. The maximum absolute atomic E-state index is 10.7. The molecule has 0 heterocycles. The first-order chi connectivity index (χ1) is 6.42. The third-order valence-corrected chi connectivity index (χ3v) is 2.05. The first-order valence-electron chi connectivity index (χ1n) is 3.73. The molecule has 0 aliphatic carbocycles. The van der Waals surface area contributed by atoms with Crippen LogP contribution >= 0.6 is 0 Å². The molecule has 0 aliphatic rings. The highest BCUT2D eigenvalue weighted by atomic mass is 32.2. The molecular weight excluding hydrogens is 202 g/mol. The molecule has 0 fully saturated rings. The maximum Gasteiger partial charge on any atom is 0.296 e. The van der Waals surface area contributed by atoms with E-state index in [0.717, 1.165) is 5.56 Å². The number of nitriles is 1. The average molecular weight is 211 g/mol. The fourth-order valence-electron chi connectivity index (χ4n) is 0.993. The van der Waals surface area contributed by atoms with Crippen LogP contribution in [0.15, 0.2) is 18.2 Å². The minimum absolute atomic E-state index is 0.195. The van der Waals surface area contributed by atoms with Gasteiger partial charge in [0.25, 0.3) is 10.2 Å². The second-order valence-corrected chi connectivity index (χ2v) is 4.10. The Bertz CT molecular complexity index is 488. The van der Waals surface area contributed by atoms with Gasteiger partial charge in [-0.3, -0.25) is 4.72 Å². The van der Waals surface area contributed by atoms with Gasteiger partial charge in [0, 0.05) is 0 Å². The van der Waals surface area contributed by atoms with Crippen LogP contribution in [0.1, 0.15) is 11.1 Å². The van der Waals surface area contributed by atoms with Crippen molar-refractivity contribution in [1.29, 1.82) is 5.26 Å². The Morgan fingerprint density at radius 3 is 2.64 bits per heavy atom. The number of anilines is 1. The zero-order valence-electron chi connectivity index (χ0n) is 7.48. The quantitative estimate of drug-likeness (QED) is 0.744.